The molecule has 0 heterocycles. The van der Waals surface area contributed by atoms with Gasteiger partial charge in [-0.25, -0.2) is 0 Å². The van der Waals surface area contributed by atoms with Gasteiger partial charge in [0.25, 0.3) is 5.91 Å². The van der Waals surface area contributed by atoms with Gasteiger partial charge in [-0.05, 0) is 56.3 Å². The van der Waals surface area contributed by atoms with Gasteiger partial charge in [-0.2, -0.15) is 0 Å². The highest BCUT2D eigenvalue weighted by Crippen LogP contribution is 2.28. The molecule has 0 unspecified atom stereocenters. The summed E-state index contributed by atoms with van der Waals surface area (Å²) in [6, 6.07) is 12.0. The predicted molar refractivity (Wildman–Crippen MR) is 107 cm³/mol. The molecule has 7 nitrogen and oxygen atoms in total. The number of benzene rings is 2. The molecule has 2 aromatic carbocycles. The molecule has 150 valence electrons. The second kappa shape index (κ2) is 10.2. The molecular formula is C21H26N2O5. The summed E-state index contributed by atoms with van der Waals surface area (Å²) in [7, 11) is 3.10. The highest BCUT2D eigenvalue weighted by Gasteiger charge is 2.19. The van der Waals surface area contributed by atoms with E-state index < -0.39 is 0 Å². The number of carbonyl (C=O) groups excluding carboxylic acids is 2. The van der Waals surface area contributed by atoms with Gasteiger partial charge in [-0.3, -0.25) is 9.59 Å². The molecule has 0 spiro atoms. The number of methoxy groups -OCH3 is 2. The summed E-state index contributed by atoms with van der Waals surface area (Å²) in [5.74, 6) is 1.22. The van der Waals surface area contributed by atoms with Crippen molar-refractivity contribution in [3.8, 4) is 17.2 Å². The number of rotatable bonds is 9. The molecule has 2 amide bonds. The van der Waals surface area contributed by atoms with E-state index in [2.05, 4.69) is 5.32 Å². The highest BCUT2D eigenvalue weighted by atomic mass is 16.5. The minimum absolute atomic E-state index is 0.0586. The summed E-state index contributed by atoms with van der Waals surface area (Å²) in [5, 5.41) is 2.78. The Balaban J connectivity index is 2.06. The maximum Gasteiger partial charge on any atom is 0.254 e. The van der Waals surface area contributed by atoms with Gasteiger partial charge in [-0.1, -0.05) is 0 Å². The second-order valence-corrected chi connectivity index (χ2v) is 5.89. The molecule has 0 fully saturated rings. The Bertz CT molecular complexity index is 805. The van der Waals surface area contributed by atoms with E-state index in [0.29, 0.717) is 41.7 Å². The number of anilines is 1. The minimum Gasteiger partial charge on any atom is -0.497 e. The first-order chi connectivity index (χ1) is 13.5. The third kappa shape index (κ3) is 5.39. The van der Waals surface area contributed by atoms with Crippen molar-refractivity contribution in [1.29, 1.82) is 0 Å². The molecule has 0 bridgehead atoms. The number of likely N-dealkylation sites (N-methyl/N-ethyl adjacent to an activating group) is 1. The van der Waals surface area contributed by atoms with Crippen LogP contribution in [0.15, 0.2) is 42.5 Å². The minimum atomic E-state index is -0.279. The van der Waals surface area contributed by atoms with Crippen LogP contribution in [-0.4, -0.2) is 50.6 Å². The first-order valence-electron chi connectivity index (χ1n) is 9.06. The van der Waals surface area contributed by atoms with Gasteiger partial charge in [0, 0.05) is 17.8 Å². The zero-order chi connectivity index (χ0) is 20.5. The molecule has 7 heteroatoms. The number of carbonyl (C=O) groups is 2. The van der Waals surface area contributed by atoms with E-state index in [1.807, 2.05) is 13.8 Å². The molecule has 0 aromatic heterocycles. The number of amides is 2. The average molecular weight is 386 g/mol. The molecule has 0 atom stereocenters. The molecule has 28 heavy (non-hydrogen) atoms. The van der Waals surface area contributed by atoms with Gasteiger partial charge in [0.2, 0.25) is 5.91 Å². The quantitative estimate of drug-likeness (QED) is 0.716. The summed E-state index contributed by atoms with van der Waals surface area (Å²) >= 11 is 0. The molecule has 0 aliphatic carbocycles. The van der Waals surface area contributed by atoms with E-state index in [4.69, 9.17) is 14.2 Å². The van der Waals surface area contributed by atoms with Gasteiger partial charge in [0.05, 0.1) is 20.8 Å². The Morgan fingerprint density at radius 2 is 1.68 bits per heavy atom. The van der Waals surface area contributed by atoms with E-state index in [0.717, 1.165) is 0 Å². The molecule has 0 radical (unpaired) electrons. The van der Waals surface area contributed by atoms with Crippen molar-refractivity contribution in [3.63, 3.8) is 0 Å². The smallest absolute Gasteiger partial charge is 0.254 e. The number of ether oxygens (including phenoxy) is 3. The van der Waals surface area contributed by atoms with Crippen molar-refractivity contribution < 1.29 is 23.8 Å². The fraction of sp³-hybridized carbons (Fsp3) is 0.333. The van der Waals surface area contributed by atoms with Crippen LogP contribution in [0.1, 0.15) is 24.2 Å². The molecule has 0 aliphatic rings. The van der Waals surface area contributed by atoms with Crippen LogP contribution in [0.2, 0.25) is 0 Å². The number of nitrogens with one attached hydrogen (secondary N) is 1. The van der Waals surface area contributed by atoms with Crippen LogP contribution in [-0.2, 0) is 4.79 Å². The van der Waals surface area contributed by atoms with Gasteiger partial charge in [0.1, 0.15) is 12.3 Å². The van der Waals surface area contributed by atoms with Crippen molar-refractivity contribution >= 4 is 17.5 Å². The summed E-state index contributed by atoms with van der Waals surface area (Å²) < 4.78 is 15.9. The lowest BCUT2D eigenvalue weighted by atomic mass is 10.1. The van der Waals surface area contributed by atoms with Gasteiger partial charge >= 0.3 is 0 Å². The van der Waals surface area contributed by atoms with E-state index in [9.17, 15) is 9.59 Å². The van der Waals surface area contributed by atoms with Gasteiger partial charge in [-0.15, -0.1) is 0 Å². The van der Waals surface area contributed by atoms with E-state index in [1.54, 1.807) is 49.6 Å². The van der Waals surface area contributed by atoms with Crippen LogP contribution in [0.4, 0.5) is 5.69 Å². The lowest BCUT2D eigenvalue weighted by Crippen LogP contribution is -2.37. The molecular weight excluding hydrogens is 360 g/mol. The van der Waals surface area contributed by atoms with Crippen LogP contribution in [0.25, 0.3) is 0 Å². The van der Waals surface area contributed by atoms with Crippen LogP contribution in [0.3, 0.4) is 0 Å². The van der Waals surface area contributed by atoms with Gasteiger partial charge < -0.3 is 24.4 Å². The lowest BCUT2D eigenvalue weighted by molar-refractivity contribution is -0.116. The molecule has 2 aromatic rings. The topological polar surface area (TPSA) is 77.1 Å². The number of hydrogen-bond donors (Lipinski definition) is 1. The average Bonchev–Trinajstić information content (AvgIpc) is 2.72. The van der Waals surface area contributed by atoms with E-state index in [-0.39, 0.29) is 18.4 Å². The molecule has 2 rings (SSSR count). The Morgan fingerprint density at radius 1 is 0.964 bits per heavy atom. The van der Waals surface area contributed by atoms with Crippen molar-refractivity contribution in [2.45, 2.75) is 13.8 Å². The van der Waals surface area contributed by atoms with Crippen molar-refractivity contribution in [3.05, 3.63) is 48.0 Å². The fourth-order valence-corrected chi connectivity index (χ4v) is 2.63. The maximum absolute atomic E-state index is 12.8. The summed E-state index contributed by atoms with van der Waals surface area (Å²) in [5.41, 5.74) is 1.07. The standard InChI is InChI=1S/C21H26N2O5/c1-5-23(14-20(24)22-16-8-10-17(26-3)11-9-16)21(25)15-7-12-18(28-6-2)19(13-15)27-4/h7-13H,5-6,14H2,1-4H3,(H,22,24). The normalized spacial score (nSPS) is 10.1. The van der Waals surface area contributed by atoms with Crippen LogP contribution in [0.5, 0.6) is 17.2 Å². The Kier molecular flexibility index (Phi) is 7.68. The van der Waals surface area contributed by atoms with E-state index >= 15 is 0 Å². The Labute approximate surface area is 165 Å². The lowest BCUT2D eigenvalue weighted by Gasteiger charge is -2.21. The fourth-order valence-electron chi connectivity index (χ4n) is 2.63. The Hall–Kier alpha value is -3.22. The van der Waals surface area contributed by atoms with Crippen LogP contribution >= 0.6 is 0 Å². The maximum atomic E-state index is 12.8. The highest BCUT2D eigenvalue weighted by molar-refractivity contribution is 5.99. The zero-order valence-corrected chi connectivity index (χ0v) is 16.7. The van der Waals surface area contributed by atoms with E-state index in [1.165, 1.54) is 12.0 Å². The zero-order valence-electron chi connectivity index (χ0n) is 16.7. The van der Waals surface area contributed by atoms with Gasteiger partial charge in [0.15, 0.2) is 11.5 Å². The summed E-state index contributed by atoms with van der Waals surface area (Å²) in [6.45, 7) is 4.53. The number of nitrogens with zero attached hydrogens (tertiary/aromatic N) is 1. The Morgan fingerprint density at radius 3 is 2.25 bits per heavy atom. The summed E-state index contributed by atoms with van der Waals surface area (Å²) in [6.07, 6.45) is 0. The van der Waals surface area contributed by atoms with Crippen molar-refractivity contribution in [2.75, 3.05) is 39.2 Å². The van der Waals surface area contributed by atoms with Crippen LogP contribution < -0.4 is 19.5 Å². The predicted octanol–water partition coefficient (Wildman–Crippen LogP) is 3.20. The summed E-state index contributed by atoms with van der Waals surface area (Å²) in [4.78, 5) is 26.6. The first-order valence-corrected chi connectivity index (χ1v) is 9.06. The molecule has 0 aliphatic heterocycles. The van der Waals surface area contributed by atoms with Crippen LogP contribution in [0, 0.1) is 0 Å². The molecule has 0 saturated carbocycles. The van der Waals surface area contributed by atoms with Crippen molar-refractivity contribution in [1.82, 2.24) is 4.90 Å². The monoisotopic (exact) mass is 386 g/mol. The second-order valence-electron chi connectivity index (χ2n) is 5.89. The SMILES string of the molecule is CCOc1ccc(C(=O)N(CC)CC(=O)Nc2ccc(OC)cc2)cc1OC. The van der Waals surface area contributed by atoms with Crippen molar-refractivity contribution in [2.24, 2.45) is 0 Å². The first kappa shape index (κ1) is 21.1. The third-order valence-corrected chi connectivity index (χ3v) is 4.09. The third-order valence-electron chi connectivity index (χ3n) is 4.09. The molecule has 1 N–H and O–H groups in total. The number of hydrogen-bond acceptors (Lipinski definition) is 5. The molecule has 0 saturated heterocycles. The largest absolute Gasteiger partial charge is 0.497 e.